The Morgan fingerprint density at radius 1 is 0.324 bits per heavy atom. The van der Waals surface area contributed by atoms with Crippen LogP contribution in [0.2, 0.25) is 78.6 Å². The predicted molar refractivity (Wildman–Crippen MR) is 170 cm³/mol. The molecule has 0 rings (SSSR count). The minimum absolute atomic E-state index is 0.589. The Hall–Kier alpha value is 0.588. The van der Waals surface area contributed by atoms with Crippen molar-refractivity contribution in [2.45, 2.75) is 91.4 Å². The summed E-state index contributed by atoms with van der Waals surface area (Å²) in [5, 5.41) is 0. The SMILES string of the molecule is C[Si](C)(C)N(CCCOCCOCCOCCOCCOCCCN([Si](C)(C)C)[Si](C)(C)C)[Si](C)(C)C. The second-order valence-corrected chi connectivity index (χ2v) is 34.2. The molecule has 0 atom stereocenters. The zero-order valence-electron chi connectivity index (χ0n) is 26.8. The van der Waals surface area contributed by atoms with Gasteiger partial charge in [0, 0.05) is 13.2 Å². The van der Waals surface area contributed by atoms with Crippen molar-refractivity contribution in [2.75, 3.05) is 79.2 Å². The quantitative estimate of drug-likeness (QED) is 0.103. The Balaban J connectivity index is 3.51. The normalized spacial score (nSPS) is 13.8. The van der Waals surface area contributed by atoms with Crippen LogP contribution in [0.15, 0.2) is 0 Å². The molecule has 0 bridgehead atoms. The van der Waals surface area contributed by atoms with E-state index in [1.54, 1.807) is 0 Å². The van der Waals surface area contributed by atoms with Gasteiger partial charge in [0.15, 0.2) is 0 Å². The third-order valence-corrected chi connectivity index (χ3v) is 21.5. The van der Waals surface area contributed by atoms with Crippen LogP contribution in [0.25, 0.3) is 0 Å². The Kier molecular flexibility index (Phi) is 19.1. The number of hydrogen-bond donors (Lipinski definition) is 0. The van der Waals surface area contributed by atoms with Crippen LogP contribution >= 0.6 is 0 Å². The van der Waals surface area contributed by atoms with Gasteiger partial charge in [0.1, 0.15) is 32.9 Å². The highest BCUT2D eigenvalue weighted by Gasteiger charge is 2.34. The lowest BCUT2D eigenvalue weighted by atomic mass is 10.5. The molecular formula is C26H64N2O5Si4. The summed E-state index contributed by atoms with van der Waals surface area (Å²) >= 11 is 0. The van der Waals surface area contributed by atoms with Gasteiger partial charge >= 0.3 is 0 Å². The van der Waals surface area contributed by atoms with Crippen molar-refractivity contribution in [1.29, 1.82) is 0 Å². The fourth-order valence-electron chi connectivity index (χ4n) is 4.99. The van der Waals surface area contributed by atoms with Crippen LogP contribution in [-0.2, 0) is 23.7 Å². The van der Waals surface area contributed by atoms with Gasteiger partial charge in [0.2, 0.25) is 0 Å². The molecule has 0 saturated carbocycles. The Morgan fingerprint density at radius 3 is 0.703 bits per heavy atom. The first kappa shape index (κ1) is 37.6. The minimum atomic E-state index is -1.26. The molecule has 0 aliphatic rings. The molecule has 0 heterocycles. The van der Waals surface area contributed by atoms with Crippen molar-refractivity contribution in [1.82, 2.24) is 8.46 Å². The second-order valence-electron chi connectivity index (χ2n) is 13.8. The molecule has 0 aliphatic carbocycles. The first-order chi connectivity index (χ1) is 17.0. The van der Waals surface area contributed by atoms with Crippen molar-refractivity contribution >= 4 is 32.9 Å². The van der Waals surface area contributed by atoms with Crippen LogP contribution in [0.1, 0.15) is 12.8 Å². The van der Waals surface area contributed by atoms with Crippen molar-refractivity contribution in [2.24, 2.45) is 0 Å². The van der Waals surface area contributed by atoms with Gasteiger partial charge in [-0.2, -0.15) is 0 Å². The van der Waals surface area contributed by atoms with Crippen molar-refractivity contribution in [3.05, 3.63) is 0 Å². The molecule has 0 spiro atoms. The molecule has 7 nitrogen and oxygen atoms in total. The molecule has 0 N–H and O–H groups in total. The van der Waals surface area contributed by atoms with Crippen molar-refractivity contribution < 1.29 is 23.7 Å². The Morgan fingerprint density at radius 2 is 0.514 bits per heavy atom. The van der Waals surface area contributed by atoms with E-state index in [-0.39, 0.29) is 0 Å². The molecule has 224 valence electrons. The molecular weight excluding hydrogens is 533 g/mol. The summed E-state index contributed by atoms with van der Waals surface area (Å²) in [5.74, 6) is 0. The van der Waals surface area contributed by atoms with Crippen LogP contribution in [0, 0.1) is 0 Å². The zero-order chi connectivity index (χ0) is 28.6. The molecule has 0 fully saturated rings. The van der Waals surface area contributed by atoms with Crippen LogP contribution < -0.4 is 0 Å². The second kappa shape index (κ2) is 18.8. The van der Waals surface area contributed by atoms with E-state index in [1.165, 1.54) is 0 Å². The molecule has 0 amide bonds. The van der Waals surface area contributed by atoms with Crippen molar-refractivity contribution in [3.63, 3.8) is 0 Å². The van der Waals surface area contributed by atoms with E-state index >= 15 is 0 Å². The van der Waals surface area contributed by atoms with E-state index in [2.05, 4.69) is 87.0 Å². The summed E-state index contributed by atoms with van der Waals surface area (Å²) in [6, 6.07) is 0. The standard InChI is InChI=1S/C26H64N2O5Si4/c1-34(2,3)27(35(4,5)6)15-13-17-29-19-21-31-23-25-33-26-24-32-22-20-30-18-14-16-28(36(7,8)9)37(10,11)12/h13-26H2,1-12H3. The number of rotatable bonds is 24. The number of hydrogen-bond acceptors (Lipinski definition) is 7. The lowest BCUT2D eigenvalue weighted by Gasteiger charge is -2.43. The Labute approximate surface area is 235 Å². The van der Waals surface area contributed by atoms with E-state index in [0.29, 0.717) is 52.9 Å². The summed E-state index contributed by atoms with van der Waals surface area (Å²) in [4.78, 5) is 0. The van der Waals surface area contributed by atoms with E-state index in [4.69, 9.17) is 23.7 Å². The average Bonchev–Trinajstić information content (AvgIpc) is 2.71. The lowest BCUT2D eigenvalue weighted by Crippen LogP contribution is -2.59. The maximum atomic E-state index is 5.77. The van der Waals surface area contributed by atoms with E-state index in [9.17, 15) is 0 Å². The van der Waals surface area contributed by atoms with Gasteiger partial charge in [-0.1, -0.05) is 78.6 Å². The van der Waals surface area contributed by atoms with Crippen LogP contribution in [0.3, 0.4) is 0 Å². The summed E-state index contributed by atoms with van der Waals surface area (Å²) in [6.45, 7) is 38.2. The maximum absolute atomic E-state index is 5.77. The van der Waals surface area contributed by atoms with Gasteiger partial charge in [-0.25, -0.2) is 0 Å². The highest BCUT2D eigenvalue weighted by Crippen LogP contribution is 2.20. The van der Waals surface area contributed by atoms with Gasteiger partial charge in [-0.05, 0) is 25.9 Å². The fraction of sp³-hybridized carbons (Fsp3) is 1.00. The summed E-state index contributed by atoms with van der Waals surface area (Å²) in [5.41, 5.74) is 0. The Bertz CT molecular complexity index is 485. The molecule has 0 radical (unpaired) electrons. The average molecular weight is 597 g/mol. The molecule has 0 aromatic rings. The molecule has 11 heteroatoms. The molecule has 0 aromatic heterocycles. The van der Waals surface area contributed by atoms with Crippen LogP contribution in [-0.4, -0.2) is 121 Å². The molecule has 0 aromatic carbocycles. The molecule has 0 saturated heterocycles. The van der Waals surface area contributed by atoms with Gasteiger partial charge < -0.3 is 32.1 Å². The van der Waals surface area contributed by atoms with Gasteiger partial charge in [0.05, 0.1) is 52.9 Å². The highest BCUT2D eigenvalue weighted by molar-refractivity contribution is 6.90. The minimum Gasteiger partial charge on any atom is -0.379 e. The lowest BCUT2D eigenvalue weighted by molar-refractivity contribution is -0.0113. The van der Waals surface area contributed by atoms with Crippen LogP contribution in [0.5, 0.6) is 0 Å². The maximum Gasteiger partial charge on any atom is 0.112 e. The van der Waals surface area contributed by atoms with E-state index in [1.807, 2.05) is 0 Å². The topological polar surface area (TPSA) is 52.6 Å². The molecule has 37 heavy (non-hydrogen) atoms. The molecule has 0 unspecified atom stereocenters. The first-order valence-electron chi connectivity index (χ1n) is 14.4. The highest BCUT2D eigenvalue weighted by atomic mass is 28.4. The first-order valence-corrected chi connectivity index (χ1v) is 28.2. The van der Waals surface area contributed by atoms with Gasteiger partial charge in [-0.15, -0.1) is 0 Å². The number of ether oxygens (including phenoxy) is 5. The summed E-state index contributed by atoms with van der Waals surface area (Å²) in [6.07, 6.45) is 2.19. The third kappa shape index (κ3) is 20.2. The smallest absolute Gasteiger partial charge is 0.112 e. The summed E-state index contributed by atoms with van der Waals surface area (Å²) < 4.78 is 33.9. The van der Waals surface area contributed by atoms with Gasteiger partial charge in [-0.3, -0.25) is 0 Å². The van der Waals surface area contributed by atoms with Gasteiger partial charge in [0.25, 0.3) is 0 Å². The third-order valence-electron chi connectivity index (χ3n) is 6.07. The number of nitrogens with zero attached hydrogens (tertiary/aromatic N) is 2. The molecule has 0 aliphatic heterocycles. The zero-order valence-corrected chi connectivity index (χ0v) is 30.8. The fourth-order valence-corrected chi connectivity index (χ4v) is 24.4. The summed E-state index contributed by atoms with van der Waals surface area (Å²) in [7, 11) is -5.05. The largest absolute Gasteiger partial charge is 0.379 e. The van der Waals surface area contributed by atoms with E-state index < -0.39 is 32.9 Å². The monoisotopic (exact) mass is 596 g/mol. The van der Waals surface area contributed by atoms with Crippen LogP contribution in [0.4, 0.5) is 0 Å². The van der Waals surface area contributed by atoms with E-state index in [0.717, 1.165) is 39.1 Å². The predicted octanol–water partition coefficient (Wildman–Crippen LogP) is 5.79. The van der Waals surface area contributed by atoms with Crippen molar-refractivity contribution in [3.8, 4) is 0 Å².